The molecule has 1 amide bonds. The number of hydrogen-bond donors (Lipinski definition) is 1. The molecule has 1 spiro atoms. The first-order valence-electron chi connectivity index (χ1n) is 9.60. The summed E-state index contributed by atoms with van der Waals surface area (Å²) in [7, 11) is 1.39. The molecular weight excluding hydrogens is 340 g/mol. The van der Waals surface area contributed by atoms with Gasteiger partial charge in [0.05, 0.1) is 7.11 Å². The first-order valence-corrected chi connectivity index (χ1v) is 9.60. The van der Waals surface area contributed by atoms with E-state index < -0.39 is 22.2 Å². The summed E-state index contributed by atoms with van der Waals surface area (Å²) >= 11 is 0. The first kappa shape index (κ1) is 16.8. The van der Waals surface area contributed by atoms with Crippen molar-refractivity contribution in [2.24, 2.45) is 10.8 Å². The largest absolute Gasteiger partial charge is 0.468 e. The molecule has 1 N–H and O–H groups in total. The number of nitrogens with zero attached hydrogens (tertiary/aromatic N) is 1. The number of para-hydroxylation sites is 1. The number of rotatable bonds is 2. The number of amides is 1. The number of piperidine rings is 1. The zero-order chi connectivity index (χ0) is 18.9. The molecule has 3 aliphatic heterocycles. The molecule has 2 fully saturated rings. The SMILES string of the molecule is C=C[C@]12C=CCN3CCC[C@@]4(c5ccccc5NC(=O)[C@]4(C(=O)OC)C1)[C@@H]32. The van der Waals surface area contributed by atoms with Crippen molar-refractivity contribution in [3.63, 3.8) is 0 Å². The molecule has 1 aromatic rings. The maximum absolute atomic E-state index is 13.6. The minimum Gasteiger partial charge on any atom is -0.468 e. The van der Waals surface area contributed by atoms with E-state index in [4.69, 9.17) is 4.74 Å². The Morgan fingerprint density at radius 1 is 1.41 bits per heavy atom. The zero-order valence-electron chi connectivity index (χ0n) is 15.5. The van der Waals surface area contributed by atoms with Gasteiger partial charge in [0, 0.05) is 29.1 Å². The Morgan fingerprint density at radius 3 is 3.00 bits per heavy atom. The lowest BCUT2D eigenvalue weighted by atomic mass is 9.54. The van der Waals surface area contributed by atoms with Crippen LogP contribution in [0.25, 0.3) is 0 Å². The summed E-state index contributed by atoms with van der Waals surface area (Å²) < 4.78 is 5.28. The van der Waals surface area contributed by atoms with Gasteiger partial charge in [-0.2, -0.15) is 0 Å². The van der Waals surface area contributed by atoms with E-state index in [0.29, 0.717) is 6.42 Å². The molecule has 0 unspecified atom stereocenters. The van der Waals surface area contributed by atoms with Gasteiger partial charge in [-0.15, -0.1) is 6.58 Å². The number of nitrogens with one attached hydrogen (secondary N) is 1. The van der Waals surface area contributed by atoms with Crippen molar-refractivity contribution in [3.8, 4) is 0 Å². The van der Waals surface area contributed by atoms with E-state index in [-0.39, 0.29) is 11.9 Å². The van der Waals surface area contributed by atoms with Crippen molar-refractivity contribution >= 4 is 17.6 Å². The van der Waals surface area contributed by atoms with E-state index in [2.05, 4.69) is 35.0 Å². The van der Waals surface area contributed by atoms with Gasteiger partial charge in [0.25, 0.3) is 0 Å². The second kappa shape index (κ2) is 5.32. The Morgan fingerprint density at radius 2 is 2.22 bits per heavy atom. The highest BCUT2D eigenvalue weighted by Gasteiger charge is 2.78. The number of carbonyl (C=O) groups is 2. The molecule has 5 rings (SSSR count). The van der Waals surface area contributed by atoms with Gasteiger partial charge < -0.3 is 10.1 Å². The first-order chi connectivity index (χ1) is 13.1. The molecule has 0 radical (unpaired) electrons. The summed E-state index contributed by atoms with van der Waals surface area (Å²) in [5, 5.41) is 3.02. The van der Waals surface area contributed by atoms with E-state index in [1.807, 2.05) is 24.3 Å². The fourth-order valence-electron chi connectivity index (χ4n) is 6.63. The highest BCUT2D eigenvalue weighted by Crippen LogP contribution is 2.70. The highest BCUT2D eigenvalue weighted by molar-refractivity contribution is 6.14. The van der Waals surface area contributed by atoms with Gasteiger partial charge in [-0.3, -0.25) is 14.5 Å². The molecule has 4 aliphatic rings. The predicted octanol–water partition coefficient (Wildman–Crippen LogP) is 2.65. The topological polar surface area (TPSA) is 58.6 Å². The van der Waals surface area contributed by atoms with E-state index in [9.17, 15) is 9.59 Å². The van der Waals surface area contributed by atoms with Crippen LogP contribution in [0.1, 0.15) is 24.8 Å². The van der Waals surface area contributed by atoms with Crippen LogP contribution in [0.15, 0.2) is 49.1 Å². The Balaban J connectivity index is 1.90. The summed E-state index contributed by atoms with van der Waals surface area (Å²) in [6.07, 6.45) is 8.41. The molecule has 0 bridgehead atoms. The summed E-state index contributed by atoms with van der Waals surface area (Å²) in [5.41, 5.74) is -0.415. The monoisotopic (exact) mass is 364 g/mol. The molecular formula is C22H24N2O3. The van der Waals surface area contributed by atoms with E-state index >= 15 is 0 Å². The van der Waals surface area contributed by atoms with Crippen molar-refractivity contribution in [3.05, 3.63) is 54.6 Å². The van der Waals surface area contributed by atoms with Crippen molar-refractivity contribution < 1.29 is 14.3 Å². The van der Waals surface area contributed by atoms with Crippen LogP contribution in [0.5, 0.6) is 0 Å². The third-order valence-corrected chi connectivity index (χ3v) is 7.42. The number of ether oxygens (including phenoxy) is 1. The lowest BCUT2D eigenvalue weighted by molar-refractivity contribution is -0.164. The molecule has 5 heteroatoms. The highest BCUT2D eigenvalue weighted by atomic mass is 16.5. The molecule has 4 atom stereocenters. The minimum atomic E-state index is -1.25. The lowest BCUT2D eigenvalue weighted by Gasteiger charge is -2.57. The number of hydrogen-bond acceptors (Lipinski definition) is 4. The van der Waals surface area contributed by atoms with E-state index in [1.165, 1.54) is 7.11 Å². The van der Waals surface area contributed by atoms with Crippen molar-refractivity contribution in [1.82, 2.24) is 4.90 Å². The van der Waals surface area contributed by atoms with Crippen LogP contribution in [0.3, 0.4) is 0 Å². The molecule has 1 saturated carbocycles. The van der Waals surface area contributed by atoms with Gasteiger partial charge in [0.15, 0.2) is 5.41 Å². The average Bonchev–Trinajstić information content (AvgIpc) is 2.99. The van der Waals surface area contributed by atoms with E-state index in [0.717, 1.165) is 37.2 Å². The average molecular weight is 364 g/mol. The number of esters is 1. The quantitative estimate of drug-likeness (QED) is 0.498. The predicted molar refractivity (Wildman–Crippen MR) is 102 cm³/mol. The number of fused-ring (bicyclic) bond motifs is 1. The Labute approximate surface area is 159 Å². The maximum Gasteiger partial charge on any atom is 0.322 e. The normalized spacial score (nSPS) is 39.0. The zero-order valence-corrected chi connectivity index (χ0v) is 15.5. The molecule has 0 aromatic heterocycles. The van der Waals surface area contributed by atoms with E-state index in [1.54, 1.807) is 0 Å². The smallest absolute Gasteiger partial charge is 0.322 e. The second-order valence-corrected chi connectivity index (χ2v) is 8.26. The standard InChI is InChI=1S/C22H24N2O3/c1-3-20-10-6-12-24-13-7-11-21(17(20)24)15-8-4-5-9-16(15)23-18(25)22(21,14-20)19(26)27-2/h3-6,8-10,17H,1,7,11-14H2,2H3,(H,23,25)/t17-,20-,21+,22-/m0/s1. The van der Waals surface area contributed by atoms with Gasteiger partial charge >= 0.3 is 5.97 Å². The summed E-state index contributed by atoms with van der Waals surface area (Å²) in [6, 6.07) is 7.96. The molecule has 1 saturated heterocycles. The van der Waals surface area contributed by atoms with Crippen LogP contribution in [0, 0.1) is 10.8 Å². The summed E-state index contributed by atoms with van der Waals surface area (Å²) in [6.45, 7) is 5.94. The lowest BCUT2D eigenvalue weighted by Crippen LogP contribution is -2.67. The second-order valence-electron chi connectivity index (χ2n) is 8.26. The number of methoxy groups -OCH3 is 1. The van der Waals surface area contributed by atoms with Gasteiger partial charge in [0.1, 0.15) is 0 Å². The van der Waals surface area contributed by atoms with Crippen LogP contribution in [-0.2, 0) is 19.7 Å². The minimum absolute atomic E-state index is 0.0209. The summed E-state index contributed by atoms with van der Waals surface area (Å²) in [4.78, 5) is 29.3. The fourth-order valence-corrected chi connectivity index (χ4v) is 6.63. The van der Waals surface area contributed by atoms with Crippen LogP contribution in [0.4, 0.5) is 5.69 Å². The molecule has 27 heavy (non-hydrogen) atoms. The Bertz CT molecular complexity index is 893. The van der Waals surface area contributed by atoms with Crippen molar-refractivity contribution in [1.29, 1.82) is 0 Å². The third kappa shape index (κ3) is 1.69. The molecule has 140 valence electrons. The maximum atomic E-state index is 13.6. The molecule has 1 aromatic carbocycles. The Kier molecular flexibility index (Phi) is 3.30. The van der Waals surface area contributed by atoms with Crippen LogP contribution in [0.2, 0.25) is 0 Å². The number of benzene rings is 1. The number of anilines is 1. The summed E-state index contributed by atoms with van der Waals surface area (Å²) in [5.74, 6) is -0.667. The Hall–Kier alpha value is -2.40. The third-order valence-electron chi connectivity index (χ3n) is 7.42. The van der Waals surface area contributed by atoms with Crippen molar-refractivity contribution in [2.75, 3.05) is 25.5 Å². The number of carbonyl (C=O) groups excluding carboxylic acids is 2. The molecule has 1 aliphatic carbocycles. The molecule has 5 nitrogen and oxygen atoms in total. The van der Waals surface area contributed by atoms with Gasteiger partial charge in [-0.25, -0.2) is 0 Å². The van der Waals surface area contributed by atoms with Crippen LogP contribution < -0.4 is 5.32 Å². The van der Waals surface area contributed by atoms with Crippen LogP contribution in [-0.4, -0.2) is 43.0 Å². The van der Waals surface area contributed by atoms with Crippen LogP contribution >= 0.6 is 0 Å². The van der Waals surface area contributed by atoms with Crippen molar-refractivity contribution in [2.45, 2.75) is 30.7 Å². The van der Waals surface area contributed by atoms with Gasteiger partial charge in [-0.1, -0.05) is 36.4 Å². The fraction of sp³-hybridized carbons (Fsp3) is 0.455. The van der Waals surface area contributed by atoms with Gasteiger partial charge in [0.2, 0.25) is 5.91 Å². The van der Waals surface area contributed by atoms with Gasteiger partial charge in [-0.05, 0) is 37.4 Å². The molecule has 3 heterocycles.